The summed E-state index contributed by atoms with van der Waals surface area (Å²) in [6.07, 6.45) is -0.0000154. The van der Waals surface area contributed by atoms with Gasteiger partial charge in [0.25, 0.3) is 0 Å². The average molecular weight is 229 g/mol. The van der Waals surface area contributed by atoms with Crippen molar-refractivity contribution in [1.82, 2.24) is 0 Å². The third-order valence-corrected chi connectivity index (χ3v) is 2.13. The molecule has 0 aliphatic rings. The van der Waals surface area contributed by atoms with Crippen LogP contribution < -0.4 is 5.73 Å². The molecule has 3 nitrogen and oxygen atoms in total. The van der Waals surface area contributed by atoms with Gasteiger partial charge in [-0.1, -0.05) is 6.07 Å². The zero-order valence-electron chi connectivity index (χ0n) is 8.93. The van der Waals surface area contributed by atoms with Crippen LogP contribution in [0.3, 0.4) is 0 Å². The molecule has 1 rings (SSSR count). The van der Waals surface area contributed by atoms with E-state index >= 15 is 0 Å². The fraction of sp³-hybridized carbons (Fsp3) is 0.364. The lowest BCUT2D eigenvalue weighted by molar-refractivity contribution is 0.0980. The molecule has 0 atom stereocenters. The minimum Gasteiger partial charge on any atom is -0.380 e. The summed E-state index contributed by atoms with van der Waals surface area (Å²) in [5.74, 6) is -2.67. The minimum absolute atomic E-state index is 0.0000154. The number of ketones is 1. The van der Waals surface area contributed by atoms with E-state index in [4.69, 9.17) is 10.5 Å². The van der Waals surface area contributed by atoms with Gasteiger partial charge in [-0.2, -0.15) is 0 Å². The number of halogens is 2. The molecule has 0 radical (unpaired) electrons. The largest absolute Gasteiger partial charge is 0.380 e. The number of carbonyl (C=O) groups is 1. The number of hydrogen-bond donors (Lipinski definition) is 1. The smallest absolute Gasteiger partial charge is 0.169 e. The number of hydrogen-bond acceptors (Lipinski definition) is 3. The van der Waals surface area contributed by atoms with E-state index in [2.05, 4.69) is 0 Å². The Kier molecular flexibility index (Phi) is 4.52. The summed E-state index contributed by atoms with van der Waals surface area (Å²) >= 11 is 0. The Labute approximate surface area is 92.2 Å². The van der Waals surface area contributed by atoms with Gasteiger partial charge in [-0.3, -0.25) is 4.79 Å². The molecule has 0 fully saturated rings. The van der Waals surface area contributed by atoms with Crippen LogP contribution in [0.5, 0.6) is 0 Å². The Morgan fingerprint density at radius 3 is 2.62 bits per heavy atom. The maximum atomic E-state index is 13.5. The van der Waals surface area contributed by atoms with Gasteiger partial charge in [-0.05, 0) is 12.6 Å². The molecule has 0 saturated carbocycles. The Hall–Kier alpha value is -1.33. The lowest BCUT2D eigenvalue weighted by Crippen LogP contribution is -2.11. The number of ether oxygens (including phenoxy) is 1. The van der Waals surface area contributed by atoms with Crippen molar-refractivity contribution in [2.45, 2.75) is 13.0 Å². The van der Waals surface area contributed by atoms with Crippen molar-refractivity contribution < 1.29 is 18.3 Å². The van der Waals surface area contributed by atoms with Crippen LogP contribution in [0.2, 0.25) is 0 Å². The molecule has 88 valence electrons. The second-order valence-electron chi connectivity index (χ2n) is 3.30. The third-order valence-electron chi connectivity index (χ3n) is 2.13. The topological polar surface area (TPSA) is 52.3 Å². The van der Waals surface area contributed by atoms with Crippen molar-refractivity contribution in [1.29, 1.82) is 0 Å². The number of rotatable bonds is 5. The molecule has 2 N–H and O–H groups in total. The van der Waals surface area contributed by atoms with Gasteiger partial charge in [-0.15, -0.1) is 0 Å². The Morgan fingerprint density at radius 1 is 1.38 bits per heavy atom. The number of Topliss-reactive ketones (excluding diaryl/α,β-unsaturated/α-hetero) is 1. The van der Waals surface area contributed by atoms with Gasteiger partial charge in [0.2, 0.25) is 0 Å². The zero-order chi connectivity index (χ0) is 12.1. The van der Waals surface area contributed by atoms with E-state index in [0.717, 1.165) is 0 Å². The lowest BCUT2D eigenvalue weighted by atomic mass is 10.0. The molecule has 0 heterocycles. The van der Waals surface area contributed by atoms with E-state index in [0.29, 0.717) is 0 Å². The van der Waals surface area contributed by atoms with Crippen LogP contribution in [0.1, 0.15) is 22.3 Å². The lowest BCUT2D eigenvalue weighted by Gasteiger charge is -2.06. The van der Waals surface area contributed by atoms with Gasteiger partial charge >= 0.3 is 0 Å². The molecule has 0 aliphatic heterocycles. The first-order valence-corrected chi connectivity index (χ1v) is 4.81. The zero-order valence-corrected chi connectivity index (χ0v) is 8.93. The van der Waals surface area contributed by atoms with Crippen LogP contribution in [0.4, 0.5) is 8.78 Å². The van der Waals surface area contributed by atoms with Gasteiger partial charge in [0.05, 0.1) is 12.2 Å². The minimum atomic E-state index is -1.13. The van der Waals surface area contributed by atoms with Gasteiger partial charge in [0, 0.05) is 19.1 Å². The molecule has 1 aromatic carbocycles. The Bertz CT molecular complexity index is 394. The summed E-state index contributed by atoms with van der Waals surface area (Å²) in [5.41, 5.74) is 5.00. The van der Waals surface area contributed by atoms with E-state index < -0.39 is 17.4 Å². The van der Waals surface area contributed by atoms with E-state index in [1.54, 1.807) is 0 Å². The first kappa shape index (κ1) is 12.7. The van der Waals surface area contributed by atoms with Gasteiger partial charge < -0.3 is 10.5 Å². The summed E-state index contributed by atoms with van der Waals surface area (Å²) in [4.78, 5) is 11.4. The molecule has 1 aromatic rings. The predicted molar refractivity (Wildman–Crippen MR) is 55.1 cm³/mol. The van der Waals surface area contributed by atoms with E-state index in [1.807, 2.05) is 0 Å². The summed E-state index contributed by atoms with van der Waals surface area (Å²) < 4.78 is 31.6. The fourth-order valence-electron chi connectivity index (χ4n) is 1.34. The molecule has 0 spiro atoms. The summed E-state index contributed by atoms with van der Waals surface area (Å²) in [5, 5.41) is 0. The highest BCUT2D eigenvalue weighted by Gasteiger charge is 2.17. The molecular formula is C11H13F2NO2. The first-order valence-electron chi connectivity index (χ1n) is 4.81. The highest BCUT2D eigenvalue weighted by Crippen LogP contribution is 2.18. The number of methoxy groups -OCH3 is 1. The molecule has 0 bridgehead atoms. The summed E-state index contributed by atoms with van der Waals surface area (Å²) in [6, 6.07) is 2.59. The maximum Gasteiger partial charge on any atom is 0.169 e. The number of carbonyl (C=O) groups excluding carboxylic acids is 1. The van der Waals surface area contributed by atoms with Crippen LogP contribution in [0.25, 0.3) is 0 Å². The highest BCUT2D eigenvalue weighted by atomic mass is 19.2. The average Bonchev–Trinajstić information content (AvgIpc) is 2.25. The third kappa shape index (κ3) is 2.62. The van der Waals surface area contributed by atoms with Crippen molar-refractivity contribution in [2.24, 2.45) is 5.73 Å². The summed E-state index contributed by atoms with van der Waals surface area (Å²) in [6.45, 7) is 0.0772. The predicted octanol–water partition coefficient (Wildman–Crippen LogP) is 1.64. The van der Waals surface area contributed by atoms with Crippen molar-refractivity contribution in [2.75, 3.05) is 13.7 Å². The van der Waals surface area contributed by atoms with Crippen molar-refractivity contribution in [3.05, 3.63) is 34.9 Å². The number of benzene rings is 1. The Balaban J connectivity index is 3.06. The molecule has 0 unspecified atom stereocenters. The molecule has 0 saturated heterocycles. The monoisotopic (exact) mass is 229 g/mol. The van der Waals surface area contributed by atoms with Crippen LogP contribution in [0, 0.1) is 11.6 Å². The Morgan fingerprint density at radius 2 is 2.06 bits per heavy atom. The van der Waals surface area contributed by atoms with Crippen molar-refractivity contribution in [3.63, 3.8) is 0 Å². The van der Waals surface area contributed by atoms with E-state index in [-0.39, 0.29) is 30.7 Å². The SMILES string of the molecule is COCc1ccc(C(=O)CCN)c(F)c1F. The van der Waals surface area contributed by atoms with E-state index in [1.165, 1.54) is 19.2 Å². The first-order chi connectivity index (χ1) is 7.61. The van der Waals surface area contributed by atoms with E-state index in [9.17, 15) is 13.6 Å². The van der Waals surface area contributed by atoms with Crippen molar-refractivity contribution in [3.8, 4) is 0 Å². The second kappa shape index (κ2) is 5.67. The fourth-order valence-corrected chi connectivity index (χ4v) is 1.34. The molecule has 0 aliphatic carbocycles. The van der Waals surface area contributed by atoms with Gasteiger partial charge in [0.1, 0.15) is 0 Å². The molecular weight excluding hydrogens is 216 g/mol. The maximum absolute atomic E-state index is 13.5. The second-order valence-corrected chi connectivity index (χ2v) is 3.30. The van der Waals surface area contributed by atoms with Crippen LogP contribution in [-0.4, -0.2) is 19.4 Å². The standard InChI is InChI=1S/C11H13F2NO2/c1-16-6-7-2-3-8(9(15)4-5-14)11(13)10(7)12/h2-3H,4-6,14H2,1H3. The van der Waals surface area contributed by atoms with Crippen LogP contribution in [0.15, 0.2) is 12.1 Å². The molecule has 16 heavy (non-hydrogen) atoms. The van der Waals surface area contributed by atoms with Crippen LogP contribution >= 0.6 is 0 Å². The summed E-state index contributed by atoms with van der Waals surface area (Å²) in [7, 11) is 1.38. The van der Waals surface area contributed by atoms with Gasteiger partial charge in [-0.25, -0.2) is 8.78 Å². The van der Waals surface area contributed by atoms with Crippen LogP contribution in [-0.2, 0) is 11.3 Å². The quantitative estimate of drug-likeness (QED) is 0.781. The molecule has 0 aromatic heterocycles. The normalized spacial score (nSPS) is 10.5. The van der Waals surface area contributed by atoms with Crippen molar-refractivity contribution >= 4 is 5.78 Å². The highest BCUT2D eigenvalue weighted by molar-refractivity contribution is 5.96. The molecule has 0 amide bonds. The van der Waals surface area contributed by atoms with Gasteiger partial charge in [0.15, 0.2) is 17.4 Å². The number of nitrogens with two attached hydrogens (primary N) is 1. The molecule has 5 heteroatoms.